The van der Waals surface area contributed by atoms with Gasteiger partial charge in [-0.25, -0.2) is 0 Å². The topological polar surface area (TPSA) is 0 Å². The van der Waals surface area contributed by atoms with Gasteiger partial charge in [-0.2, -0.15) is 0 Å². The molecule has 0 saturated carbocycles. The third kappa shape index (κ3) is 2.09. The highest BCUT2D eigenvalue weighted by atomic mass is 127. The molecule has 0 heterocycles. The van der Waals surface area contributed by atoms with Crippen LogP contribution in [0.2, 0.25) is 0 Å². The smallest absolute Gasteiger partial charge is 0.0619 e. The Labute approximate surface area is 88.2 Å². The van der Waals surface area contributed by atoms with Crippen molar-refractivity contribution in [2.75, 3.05) is 0 Å². The third-order valence-corrected chi connectivity index (χ3v) is 4.27. The predicted molar refractivity (Wildman–Crippen MR) is 47.1 cm³/mol. The lowest BCUT2D eigenvalue weighted by atomic mass is 10.4. The minimum atomic E-state index is -1.22. The van der Waals surface area contributed by atoms with E-state index in [1.54, 1.807) is 0 Å². The molecule has 0 bridgehead atoms. The molecule has 0 atom stereocenters. The molecule has 1 heteroatoms. The van der Waals surface area contributed by atoms with Crippen LogP contribution >= 0.6 is 0 Å². The van der Waals surface area contributed by atoms with E-state index in [1.165, 1.54) is 3.57 Å². The minimum Gasteiger partial charge on any atom is -0.0619 e. The quantitative estimate of drug-likeness (QED) is 0.667. The lowest BCUT2D eigenvalue weighted by Gasteiger charge is -1.83. The molecule has 2 rings (SSSR count). The molecule has 1 aliphatic rings. The number of allylic oxidation sites excluding steroid dienone is 2. The van der Waals surface area contributed by atoms with Crippen molar-refractivity contribution in [2.45, 2.75) is 19.2 Å². The van der Waals surface area contributed by atoms with E-state index >= 15 is 0 Å². The summed E-state index contributed by atoms with van der Waals surface area (Å²) in [4.78, 5) is 0. The molecule has 62 valence electrons. The Kier molecular flexibility index (Phi) is 1.84. The van der Waals surface area contributed by atoms with E-state index < -0.39 is 27.6 Å². The average Bonchev–Trinajstić information content (AvgIpc) is 2.47. The molecule has 12 heavy (non-hydrogen) atoms. The molecule has 1 aromatic carbocycles. The van der Waals surface area contributed by atoms with Crippen LogP contribution in [0.5, 0.6) is 0 Å². The van der Waals surface area contributed by atoms with Crippen molar-refractivity contribution in [1.82, 2.24) is 0 Å². The molecule has 0 radical (unpaired) electrons. The van der Waals surface area contributed by atoms with E-state index in [1.807, 2.05) is 30.3 Å². The maximum Gasteiger partial charge on any atom is 0.352 e. The van der Waals surface area contributed by atoms with Gasteiger partial charge in [0.2, 0.25) is 0 Å². The van der Waals surface area contributed by atoms with E-state index in [9.17, 15) is 0 Å². The second kappa shape index (κ2) is 4.08. The highest BCUT2D eigenvalue weighted by Crippen LogP contribution is 2.09. The predicted octanol–water partition coefficient (Wildman–Crippen LogP) is 0.0130. The van der Waals surface area contributed by atoms with Gasteiger partial charge in [0.1, 0.15) is 0 Å². The van der Waals surface area contributed by atoms with Crippen LogP contribution in [0, 0.1) is 3.57 Å². The van der Waals surface area contributed by atoms with Crippen molar-refractivity contribution < 1.29 is 25.3 Å². The number of hydrogen-bond acceptors (Lipinski definition) is 0. The number of benzene rings is 1. The van der Waals surface area contributed by atoms with Crippen LogP contribution in [0.1, 0.15) is 23.3 Å². The Balaban J connectivity index is 2.22. The van der Waals surface area contributed by atoms with Crippen LogP contribution in [-0.4, -0.2) is 0 Å². The summed E-state index contributed by atoms with van der Waals surface area (Å²) in [6.07, 6.45) is -0.122. The van der Waals surface area contributed by atoms with E-state index in [0.29, 0.717) is 18.9 Å². The first-order valence-corrected chi connectivity index (χ1v) is 6.15. The van der Waals surface area contributed by atoms with E-state index in [2.05, 4.69) is 0 Å². The Morgan fingerprint density at radius 1 is 1.33 bits per heavy atom. The van der Waals surface area contributed by atoms with Crippen LogP contribution in [0.4, 0.5) is 0 Å². The fourth-order valence-corrected chi connectivity index (χ4v) is 3.38. The molecular formula is C11H12I+. The Morgan fingerprint density at radius 2 is 2.17 bits per heavy atom. The molecule has 0 fully saturated rings. The monoisotopic (exact) mass is 274 g/mol. The largest absolute Gasteiger partial charge is 0.352 e. The summed E-state index contributed by atoms with van der Waals surface area (Å²) in [6.45, 7) is 0. The molecule has 1 aliphatic carbocycles. The van der Waals surface area contributed by atoms with Gasteiger partial charge in [0.25, 0.3) is 0 Å². The second-order valence-electron chi connectivity index (χ2n) is 2.56. The summed E-state index contributed by atoms with van der Waals surface area (Å²) in [7, 11) is 0. The van der Waals surface area contributed by atoms with Gasteiger partial charge in [0.15, 0.2) is 7.15 Å². The van der Waals surface area contributed by atoms with Gasteiger partial charge < -0.3 is 0 Å². The van der Waals surface area contributed by atoms with Gasteiger partial charge in [-0.05, 0) is 31.0 Å². The number of halogens is 1. The summed E-state index contributed by atoms with van der Waals surface area (Å²) in [5.41, 5.74) is 0. The molecule has 1 aromatic rings. The highest BCUT2D eigenvalue weighted by molar-refractivity contribution is 5.02. The standard InChI is InChI=1S/C11H12I/c1-2-6-10(7-3-1)12-11-8-4-5-9-11/h1-3,6-8H,4-5,9H2/q+1/i8D,9D2. The van der Waals surface area contributed by atoms with E-state index in [0.717, 1.165) is 3.58 Å². The van der Waals surface area contributed by atoms with Crippen LogP contribution < -0.4 is 21.2 Å². The van der Waals surface area contributed by atoms with Gasteiger partial charge in [0, 0.05) is 9.11 Å². The van der Waals surface area contributed by atoms with Crippen LogP contribution in [0.25, 0.3) is 0 Å². The molecule has 0 amide bonds. The molecule has 0 aromatic heterocycles. The first kappa shape index (κ1) is 5.43. The highest BCUT2D eigenvalue weighted by Gasteiger charge is 2.20. The summed E-state index contributed by atoms with van der Waals surface area (Å²) in [5.74, 6) is 0. The summed E-state index contributed by atoms with van der Waals surface area (Å²) in [5, 5.41) is 0. The van der Waals surface area contributed by atoms with Crippen molar-refractivity contribution in [3.05, 3.63) is 43.5 Å². The molecule has 0 saturated heterocycles. The van der Waals surface area contributed by atoms with Crippen molar-refractivity contribution >= 4 is 0 Å². The minimum absolute atomic E-state index is 0.490. The van der Waals surface area contributed by atoms with E-state index in [4.69, 9.17) is 4.11 Å². The molecular weight excluding hydrogens is 259 g/mol. The first-order valence-electron chi connectivity index (χ1n) is 5.50. The maximum absolute atomic E-state index is 7.84. The van der Waals surface area contributed by atoms with Gasteiger partial charge in [0.05, 0.1) is 1.37 Å². The lowest BCUT2D eigenvalue weighted by molar-refractivity contribution is -0.578. The fourth-order valence-electron chi connectivity index (χ4n) is 1.06. The van der Waals surface area contributed by atoms with Crippen molar-refractivity contribution in [3.63, 3.8) is 0 Å². The Hall–Kier alpha value is -0.310. The zero-order valence-electron chi connectivity index (χ0n) is 9.68. The Morgan fingerprint density at radius 3 is 2.83 bits per heavy atom. The van der Waals surface area contributed by atoms with Gasteiger partial charge in [-0.15, -0.1) is 0 Å². The molecule has 0 spiro atoms. The number of hydrogen-bond donors (Lipinski definition) is 0. The van der Waals surface area contributed by atoms with Gasteiger partial charge in [-0.1, -0.05) is 18.2 Å². The van der Waals surface area contributed by atoms with Crippen molar-refractivity contribution in [1.29, 1.82) is 0 Å². The lowest BCUT2D eigenvalue weighted by Crippen LogP contribution is -3.60. The first-order chi connectivity index (χ1) is 7.09. The Bertz CT molecular complexity index is 384. The molecule has 0 nitrogen and oxygen atoms in total. The van der Waals surface area contributed by atoms with Crippen molar-refractivity contribution in [2.24, 2.45) is 0 Å². The SMILES string of the molecule is [2H]C1=C([I+]c2ccccc2)C([2H])([2H])CC1. The fraction of sp³-hybridized carbons (Fsp3) is 0.273. The summed E-state index contributed by atoms with van der Waals surface area (Å²) >= 11 is -0.490. The van der Waals surface area contributed by atoms with Crippen LogP contribution in [-0.2, 0) is 0 Å². The zero-order chi connectivity index (χ0) is 10.9. The molecule has 0 unspecified atom stereocenters. The van der Waals surface area contributed by atoms with Gasteiger partial charge in [-0.3, -0.25) is 0 Å². The van der Waals surface area contributed by atoms with E-state index in [-0.39, 0.29) is 0 Å². The second-order valence-corrected chi connectivity index (χ2v) is 5.42. The number of rotatable bonds is 2. The van der Waals surface area contributed by atoms with Crippen LogP contribution in [0.15, 0.2) is 40.0 Å². The van der Waals surface area contributed by atoms with Gasteiger partial charge >= 0.3 is 21.2 Å². The van der Waals surface area contributed by atoms with Crippen LogP contribution in [0.3, 0.4) is 0 Å². The van der Waals surface area contributed by atoms with Crippen molar-refractivity contribution in [3.8, 4) is 0 Å². The average molecular weight is 274 g/mol. The summed E-state index contributed by atoms with van der Waals surface area (Å²) in [6, 6.07) is 10.5. The normalized spacial score (nSPS) is 24.8. The molecule has 0 N–H and O–H groups in total. The maximum atomic E-state index is 7.84. The third-order valence-electron chi connectivity index (χ3n) is 1.62. The summed E-state index contributed by atoms with van der Waals surface area (Å²) < 4.78 is 25.4. The zero-order valence-corrected chi connectivity index (χ0v) is 8.84. The molecule has 0 aliphatic heterocycles.